The average Bonchev–Trinajstić information content (AvgIpc) is 2.36. The Balaban J connectivity index is 2.41. The van der Waals surface area contributed by atoms with E-state index in [0.29, 0.717) is 25.2 Å². The topological polar surface area (TPSA) is 78.6 Å². The Morgan fingerprint density at radius 3 is 2.61 bits per heavy atom. The first kappa shape index (κ1) is 14.5. The van der Waals surface area contributed by atoms with E-state index in [1.54, 1.807) is 19.2 Å². The lowest BCUT2D eigenvalue weighted by atomic mass is 10.1. The van der Waals surface area contributed by atoms with Crippen LogP contribution in [0.15, 0.2) is 24.3 Å². The number of likely N-dealkylation sites (N-methyl/N-ethyl adjacent to an activating group) is 1. The predicted molar refractivity (Wildman–Crippen MR) is 72.0 cm³/mol. The van der Waals surface area contributed by atoms with Crippen molar-refractivity contribution in [3.63, 3.8) is 0 Å². The van der Waals surface area contributed by atoms with Crippen molar-refractivity contribution in [2.45, 2.75) is 12.5 Å². The van der Waals surface area contributed by atoms with E-state index in [1.807, 2.05) is 24.1 Å². The fraction of sp³-hybridized carbons (Fsp3) is 0.462. The van der Waals surface area contributed by atoms with Gasteiger partial charge in [-0.1, -0.05) is 12.1 Å². The van der Waals surface area contributed by atoms with E-state index in [1.165, 1.54) is 0 Å². The molecule has 0 aliphatic carbocycles. The Hall–Kier alpha value is -1.59. The van der Waals surface area contributed by atoms with Gasteiger partial charge in [-0.25, -0.2) is 0 Å². The van der Waals surface area contributed by atoms with E-state index in [2.05, 4.69) is 5.32 Å². The van der Waals surface area contributed by atoms with Crippen molar-refractivity contribution in [3.8, 4) is 0 Å². The number of benzene rings is 1. The minimum Gasteiger partial charge on any atom is -0.399 e. The summed E-state index contributed by atoms with van der Waals surface area (Å²) >= 11 is 0. The molecule has 0 aromatic heterocycles. The molecule has 1 amide bonds. The normalized spacial score (nSPS) is 12.4. The molecule has 1 unspecified atom stereocenters. The molecule has 0 radical (unpaired) electrons. The third-order valence-corrected chi connectivity index (χ3v) is 2.81. The molecule has 0 heterocycles. The maximum absolute atomic E-state index is 11.1. The molecule has 100 valence electrons. The molecule has 1 aromatic rings. The van der Waals surface area contributed by atoms with Crippen LogP contribution in [0, 0.1) is 0 Å². The largest absolute Gasteiger partial charge is 0.399 e. The molecule has 5 heteroatoms. The van der Waals surface area contributed by atoms with Crippen LogP contribution in [0.3, 0.4) is 0 Å². The van der Waals surface area contributed by atoms with Gasteiger partial charge in [0.15, 0.2) is 0 Å². The number of amides is 1. The lowest BCUT2D eigenvalue weighted by Crippen LogP contribution is -2.29. The highest BCUT2D eigenvalue weighted by Crippen LogP contribution is 2.15. The summed E-state index contributed by atoms with van der Waals surface area (Å²) in [5.41, 5.74) is 7.10. The summed E-state index contributed by atoms with van der Waals surface area (Å²) in [5, 5.41) is 12.6. The van der Waals surface area contributed by atoms with Gasteiger partial charge >= 0.3 is 0 Å². The van der Waals surface area contributed by atoms with E-state index >= 15 is 0 Å². The number of carbonyl (C=O) groups is 1. The van der Waals surface area contributed by atoms with Crippen molar-refractivity contribution in [2.75, 3.05) is 32.9 Å². The van der Waals surface area contributed by atoms with Crippen LogP contribution in [-0.2, 0) is 4.79 Å². The third kappa shape index (κ3) is 4.73. The molecule has 1 aromatic carbocycles. The number of carbonyl (C=O) groups excluding carboxylic acids is 1. The van der Waals surface area contributed by atoms with Crippen LogP contribution >= 0.6 is 0 Å². The highest BCUT2D eigenvalue weighted by Gasteiger charge is 2.11. The highest BCUT2D eigenvalue weighted by atomic mass is 16.3. The van der Waals surface area contributed by atoms with Crippen molar-refractivity contribution in [1.82, 2.24) is 10.2 Å². The fourth-order valence-corrected chi connectivity index (χ4v) is 1.63. The summed E-state index contributed by atoms with van der Waals surface area (Å²) in [7, 11) is 3.50. The van der Waals surface area contributed by atoms with E-state index in [9.17, 15) is 9.90 Å². The van der Waals surface area contributed by atoms with E-state index in [0.717, 1.165) is 5.56 Å². The number of rotatable bonds is 6. The molecule has 18 heavy (non-hydrogen) atoms. The third-order valence-electron chi connectivity index (χ3n) is 2.81. The van der Waals surface area contributed by atoms with Gasteiger partial charge in [-0.15, -0.1) is 0 Å². The minimum absolute atomic E-state index is 0.00354. The van der Waals surface area contributed by atoms with E-state index in [4.69, 9.17) is 5.73 Å². The molecule has 0 saturated heterocycles. The second kappa shape index (κ2) is 6.98. The first-order valence-electron chi connectivity index (χ1n) is 5.95. The summed E-state index contributed by atoms with van der Waals surface area (Å²) in [5.74, 6) is 0.00354. The molecular weight excluding hydrogens is 230 g/mol. The van der Waals surface area contributed by atoms with Gasteiger partial charge in [0, 0.05) is 32.2 Å². The van der Waals surface area contributed by atoms with Gasteiger partial charge < -0.3 is 21.1 Å². The molecule has 1 atom stereocenters. The van der Waals surface area contributed by atoms with Gasteiger partial charge in [0.2, 0.25) is 5.91 Å². The predicted octanol–water partition coefficient (Wildman–Crippen LogP) is 0.370. The molecular formula is C13H21N3O2. The van der Waals surface area contributed by atoms with Crippen molar-refractivity contribution in [2.24, 2.45) is 0 Å². The van der Waals surface area contributed by atoms with Crippen LogP contribution < -0.4 is 11.1 Å². The van der Waals surface area contributed by atoms with Crippen molar-refractivity contribution < 1.29 is 9.90 Å². The quantitative estimate of drug-likeness (QED) is 0.638. The number of nitrogens with two attached hydrogens (primary N) is 1. The molecule has 0 saturated carbocycles. The monoisotopic (exact) mass is 251 g/mol. The zero-order chi connectivity index (χ0) is 13.5. The van der Waals surface area contributed by atoms with Crippen molar-refractivity contribution in [3.05, 3.63) is 29.8 Å². The molecule has 0 spiro atoms. The molecule has 0 fully saturated rings. The molecule has 5 nitrogen and oxygen atoms in total. The summed E-state index contributed by atoms with van der Waals surface area (Å²) < 4.78 is 0. The van der Waals surface area contributed by atoms with Gasteiger partial charge in [0.1, 0.15) is 0 Å². The second-order valence-electron chi connectivity index (χ2n) is 4.37. The summed E-state index contributed by atoms with van der Waals surface area (Å²) in [4.78, 5) is 13.0. The number of anilines is 1. The van der Waals surface area contributed by atoms with Gasteiger partial charge in [-0.2, -0.15) is 0 Å². The van der Waals surface area contributed by atoms with Crippen LogP contribution in [0.25, 0.3) is 0 Å². The molecule has 4 N–H and O–H groups in total. The van der Waals surface area contributed by atoms with Crippen molar-refractivity contribution >= 4 is 11.6 Å². The number of hydrogen-bond acceptors (Lipinski definition) is 4. The minimum atomic E-state index is -0.569. The zero-order valence-corrected chi connectivity index (χ0v) is 10.9. The fourth-order valence-electron chi connectivity index (χ4n) is 1.63. The SMILES string of the molecule is CNC(=O)CCN(C)CC(O)c1ccc(N)cc1. The van der Waals surface area contributed by atoms with Crippen LogP contribution in [0.2, 0.25) is 0 Å². The Bertz CT molecular complexity index is 378. The number of hydrogen-bond donors (Lipinski definition) is 3. The molecule has 1 rings (SSSR count). The van der Waals surface area contributed by atoms with E-state index < -0.39 is 6.10 Å². The summed E-state index contributed by atoms with van der Waals surface area (Å²) in [6, 6.07) is 7.16. The number of nitrogen functional groups attached to an aromatic ring is 1. The van der Waals surface area contributed by atoms with Gasteiger partial charge in [0.05, 0.1) is 6.10 Å². The average molecular weight is 251 g/mol. The first-order valence-corrected chi connectivity index (χ1v) is 5.95. The lowest BCUT2D eigenvalue weighted by Gasteiger charge is -2.20. The first-order chi connectivity index (χ1) is 8.52. The maximum Gasteiger partial charge on any atom is 0.221 e. The Morgan fingerprint density at radius 1 is 1.44 bits per heavy atom. The molecule has 0 bridgehead atoms. The van der Waals surface area contributed by atoms with Crippen LogP contribution in [0.5, 0.6) is 0 Å². The van der Waals surface area contributed by atoms with Gasteiger partial charge in [-0.3, -0.25) is 4.79 Å². The Labute approximate surface area is 108 Å². The number of nitrogens with one attached hydrogen (secondary N) is 1. The van der Waals surface area contributed by atoms with Gasteiger partial charge in [-0.05, 0) is 24.7 Å². The van der Waals surface area contributed by atoms with Gasteiger partial charge in [0.25, 0.3) is 0 Å². The molecule has 0 aliphatic rings. The molecule has 0 aliphatic heterocycles. The highest BCUT2D eigenvalue weighted by molar-refractivity contribution is 5.75. The maximum atomic E-state index is 11.1. The smallest absolute Gasteiger partial charge is 0.221 e. The Morgan fingerprint density at radius 2 is 2.06 bits per heavy atom. The number of nitrogens with zero attached hydrogens (tertiary/aromatic N) is 1. The Kier molecular flexibility index (Phi) is 5.61. The van der Waals surface area contributed by atoms with Crippen LogP contribution in [0.4, 0.5) is 5.69 Å². The number of aliphatic hydroxyl groups is 1. The standard InChI is InChI=1S/C13H21N3O2/c1-15-13(18)7-8-16(2)9-12(17)10-3-5-11(14)6-4-10/h3-6,12,17H,7-9,14H2,1-2H3,(H,15,18). The lowest BCUT2D eigenvalue weighted by molar-refractivity contribution is -0.120. The zero-order valence-electron chi connectivity index (χ0n) is 10.9. The summed E-state index contributed by atoms with van der Waals surface area (Å²) in [6.07, 6.45) is -0.137. The van der Waals surface area contributed by atoms with Crippen molar-refractivity contribution in [1.29, 1.82) is 0 Å². The summed E-state index contributed by atoms with van der Waals surface area (Å²) in [6.45, 7) is 1.10. The van der Waals surface area contributed by atoms with Crippen LogP contribution in [-0.4, -0.2) is 43.1 Å². The second-order valence-corrected chi connectivity index (χ2v) is 4.37. The van der Waals surface area contributed by atoms with Crippen LogP contribution in [0.1, 0.15) is 18.1 Å². The van der Waals surface area contributed by atoms with E-state index in [-0.39, 0.29) is 5.91 Å². The number of aliphatic hydroxyl groups excluding tert-OH is 1.